The van der Waals surface area contributed by atoms with Gasteiger partial charge in [0.05, 0.1) is 6.10 Å². The molecule has 0 radical (unpaired) electrons. The zero-order valence-electron chi connectivity index (χ0n) is 9.36. The Balaban J connectivity index is 1.59. The first-order chi connectivity index (χ1) is 7.34. The van der Waals surface area contributed by atoms with Crippen molar-refractivity contribution >= 4 is 0 Å². The number of hydrogen-bond donors (Lipinski definition) is 2. The van der Waals surface area contributed by atoms with Crippen LogP contribution in [0.5, 0.6) is 0 Å². The molecule has 86 valence electrons. The lowest BCUT2D eigenvalue weighted by atomic mass is 10.0. The van der Waals surface area contributed by atoms with E-state index >= 15 is 0 Å². The summed E-state index contributed by atoms with van der Waals surface area (Å²) in [7, 11) is 0. The molecule has 1 saturated carbocycles. The average molecular weight is 210 g/mol. The molecule has 2 unspecified atom stereocenters. The van der Waals surface area contributed by atoms with Gasteiger partial charge in [0, 0.05) is 24.7 Å². The number of aliphatic hydroxyl groups is 1. The maximum Gasteiger partial charge on any atom is 0.0693 e. The second-order valence-electron chi connectivity index (χ2n) is 5.41. The summed E-state index contributed by atoms with van der Waals surface area (Å²) < 4.78 is 0. The average Bonchev–Trinajstić information content (AvgIpc) is 2.86. The molecular weight excluding hydrogens is 188 g/mol. The summed E-state index contributed by atoms with van der Waals surface area (Å²) in [5, 5.41) is 13.5. The van der Waals surface area contributed by atoms with Crippen LogP contribution in [0.15, 0.2) is 0 Å². The van der Waals surface area contributed by atoms with Gasteiger partial charge in [0.2, 0.25) is 0 Å². The van der Waals surface area contributed by atoms with Crippen LogP contribution in [0.2, 0.25) is 0 Å². The number of fused-ring (bicyclic) bond motifs is 1. The van der Waals surface area contributed by atoms with Crippen LogP contribution in [0.3, 0.4) is 0 Å². The minimum Gasteiger partial charge on any atom is -0.392 e. The molecule has 4 atom stereocenters. The van der Waals surface area contributed by atoms with Crippen molar-refractivity contribution in [1.29, 1.82) is 0 Å². The molecule has 0 aromatic carbocycles. The number of hydrogen-bond acceptors (Lipinski definition) is 3. The number of nitrogens with one attached hydrogen (secondary N) is 1. The molecule has 0 bridgehead atoms. The van der Waals surface area contributed by atoms with E-state index in [1.54, 1.807) is 0 Å². The highest BCUT2D eigenvalue weighted by Crippen LogP contribution is 2.29. The van der Waals surface area contributed by atoms with Gasteiger partial charge in [0.1, 0.15) is 0 Å². The van der Waals surface area contributed by atoms with E-state index in [1.165, 1.54) is 45.2 Å². The van der Waals surface area contributed by atoms with E-state index in [9.17, 15) is 5.11 Å². The standard InChI is InChI=1S/C12H22N2O/c15-12-5-1-3-10(12)13-9-6-8-14-7-2-4-11(9)14/h9-13,15H,1-8H2/t9?,10-,11?,12-/m0/s1. The molecule has 0 aromatic heterocycles. The summed E-state index contributed by atoms with van der Waals surface area (Å²) in [4.78, 5) is 2.62. The van der Waals surface area contributed by atoms with E-state index in [2.05, 4.69) is 10.2 Å². The van der Waals surface area contributed by atoms with Crippen LogP contribution in [0.25, 0.3) is 0 Å². The van der Waals surface area contributed by atoms with E-state index in [0.29, 0.717) is 12.1 Å². The molecule has 0 aromatic rings. The molecule has 15 heavy (non-hydrogen) atoms. The highest BCUT2D eigenvalue weighted by Gasteiger charge is 2.39. The Bertz CT molecular complexity index is 234. The quantitative estimate of drug-likeness (QED) is 0.705. The Labute approximate surface area is 91.8 Å². The van der Waals surface area contributed by atoms with Crippen LogP contribution >= 0.6 is 0 Å². The van der Waals surface area contributed by atoms with Crippen molar-refractivity contribution in [2.75, 3.05) is 13.1 Å². The molecule has 0 spiro atoms. The third-order valence-electron chi connectivity index (χ3n) is 4.51. The Morgan fingerprint density at radius 2 is 1.87 bits per heavy atom. The van der Waals surface area contributed by atoms with Gasteiger partial charge >= 0.3 is 0 Å². The molecule has 3 fully saturated rings. The first kappa shape index (κ1) is 10.1. The number of rotatable bonds is 2. The van der Waals surface area contributed by atoms with Crippen LogP contribution in [-0.2, 0) is 0 Å². The fourth-order valence-electron chi connectivity index (χ4n) is 3.69. The van der Waals surface area contributed by atoms with Crippen molar-refractivity contribution in [2.45, 2.75) is 62.8 Å². The van der Waals surface area contributed by atoms with Crippen molar-refractivity contribution in [3.63, 3.8) is 0 Å². The van der Waals surface area contributed by atoms with E-state index < -0.39 is 0 Å². The van der Waals surface area contributed by atoms with Crippen LogP contribution in [-0.4, -0.2) is 47.3 Å². The zero-order valence-corrected chi connectivity index (χ0v) is 9.36. The smallest absolute Gasteiger partial charge is 0.0693 e. The molecule has 3 aliphatic rings. The van der Waals surface area contributed by atoms with Crippen molar-refractivity contribution in [2.24, 2.45) is 0 Å². The van der Waals surface area contributed by atoms with Gasteiger partial charge in [0.25, 0.3) is 0 Å². The largest absolute Gasteiger partial charge is 0.392 e. The maximum atomic E-state index is 9.81. The summed E-state index contributed by atoms with van der Waals surface area (Å²) in [6.07, 6.45) is 7.30. The Hall–Kier alpha value is -0.120. The van der Waals surface area contributed by atoms with Gasteiger partial charge in [-0.05, 0) is 45.1 Å². The second kappa shape index (κ2) is 4.04. The fourth-order valence-corrected chi connectivity index (χ4v) is 3.69. The van der Waals surface area contributed by atoms with Crippen LogP contribution < -0.4 is 5.32 Å². The molecule has 2 saturated heterocycles. The Morgan fingerprint density at radius 3 is 2.67 bits per heavy atom. The summed E-state index contributed by atoms with van der Waals surface area (Å²) in [5.74, 6) is 0. The van der Waals surface area contributed by atoms with Gasteiger partial charge in [-0.25, -0.2) is 0 Å². The maximum absolute atomic E-state index is 9.81. The van der Waals surface area contributed by atoms with Gasteiger partial charge < -0.3 is 10.4 Å². The molecule has 2 aliphatic heterocycles. The van der Waals surface area contributed by atoms with E-state index in [4.69, 9.17) is 0 Å². The molecular formula is C12H22N2O. The van der Waals surface area contributed by atoms with Gasteiger partial charge in [-0.2, -0.15) is 0 Å². The lowest BCUT2D eigenvalue weighted by Crippen LogP contribution is -2.47. The summed E-state index contributed by atoms with van der Waals surface area (Å²) >= 11 is 0. The Morgan fingerprint density at radius 1 is 0.933 bits per heavy atom. The Kier molecular flexibility index (Phi) is 2.71. The third kappa shape index (κ3) is 1.81. The number of aliphatic hydroxyl groups excluding tert-OH is 1. The summed E-state index contributed by atoms with van der Waals surface area (Å²) in [6, 6.07) is 1.82. The van der Waals surface area contributed by atoms with E-state index in [1.807, 2.05) is 0 Å². The molecule has 2 heterocycles. The predicted octanol–water partition coefficient (Wildman–Crippen LogP) is 0.726. The first-order valence-corrected chi connectivity index (χ1v) is 6.53. The van der Waals surface area contributed by atoms with Gasteiger partial charge in [-0.1, -0.05) is 0 Å². The summed E-state index contributed by atoms with van der Waals surface area (Å²) in [5.41, 5.74) is 0. The van der Waals surface area contributed by atoms with Gasteiger partial charge in [0.15, 0.2) is 0 Å². The molecule has 1 aliphatic carbocycles. The second-order valence-corrected chi connectivity index (χ2v) is 5.41. The minimum absolute atomic E-state index is 0.0829. The highest BCUT2D eigenvalue weighted by molar-refractivity contribution is 4.98. The molecule has 3 heteroatoms. The highest BCUT2D eigenvalue weighted by atomic mass is 16.3. The van der Waals surface area contributed by atoms with E-state index in [0.717, 1.165) is 12.5 Å². The lowest BCUT2D eigenvalue weighted by Gasteiger charge is -2.26. The molecule has 3 nitrogen and oxygen atoms in total. The topological polar surface area (TPSA) is 35.5 Å². The minimum atomic E-state index is -0.0829. The number of nitrogens with zero attached hydrogens (tertiary/aromatic N) is 1. The molecule has 2 N–H and O–H groups in total. The molecule has 3 rings (SSSR count). The van der Waals surface area contributed by atoms with E-state index in [-0.39, 0.29) is 6.10 Å². The van der Waals surface area contributed by atoms with Gasteiger partial charge in [-0.3, -0.25) is 4.90 Å². The third-order valence-corrected chi connectivity index (χ3v) is 4.51. The monoisotopic (exact) mass is 210 g/mol. The normalized spacial score (nSPS) is 46.2. The van der Waals surface area contributed by atoms with Crippen molar-refractivity contribution in [1.82, 2.24) is 10.2 Å². The molecule has 0 amide bonds. The van der Waals surface area contributed by atoms with Crippen molar-refractivity contribution < 1.29 is 5.11 Å². The van der Waals surface area contributed by atoms with Crippen molar-refractivity contribution in [3.8, 4) is 0 Å². The SMILES string of the molecule is O[C@H]1CCC[C@@H]1NC1CCN2CCCC12. The van der Waals surface area contributed by atoms with Crippen molar-refractivity contribution in [3.05, 3.63) is 0 Å². The van der Waals surface area contributed by atoms with Crippen LogP contribution in [0.4, 0.5) is 0 Å². The van der Waals surface area contributed by atoms with Crippen LogP contribution in [0.1, 0.15) is 38.5 Å². The zero-order chi connectivity index (χ0) is 10.3. The van der Waals surface area contributed by atoms with Crippen LogP contribution in [0, 0.1) is 0 Å². The predicted molar refractivity (Wildman–Crippen MR) is 59.8 cm³/mol. The lowest BCUT2D eigenvalue weighted by molar-refractivity contribution is 0.139. The fraction of sp³-hybridized carbons (Fsp3) is 1.00. The van der Waals surface area contributed by atoms with Gasteiger partial charge in [-0.15, -0.1) is 0 Å². The summed E-state index contributed by atoms with van der Waals surface area (Å²) in [6.45, 7) is 2.57. The first-order valence-electron chi connectivity index (χ1n) is 6.53.